The average molecular weight is 337 g/mol. The maximum atomic E-state index is 13.1. The minimum Gasteiger partial charge on any atom is -0.367 e. The fourth-order valence-electron chi connectivity index (χ4n) is 2.59. The second-order valence-electron chi connectivity index (χ2n) is 4.71. The van der Waals surface area contributed by atoms with Gasteiger partial charge in [-0.1, -0.05) is 15.9 Å². The molecule has 6 heteroatoms. The Morgan fingerprint density at radius 1 is 1.42 bits per heavy atom. The smallest absolute Gasteiger partial charge is 0.367 e. The van der Waals surface area contributed by atoms with Crippen LogP contribution < -0.4 is 10.2 Å². The molecule has 19 heavy (non-hydrogen) atoms. The lowest BCUT2D eigenvalue weighted by Crippen LogP contribution is -2.37. The van der Waals surface area contributed by atoms with E-state index in [1.54, 1.807) is 12.1 Å². The van der Waals surface area contributed by atoms with Crippen LogP contribution >= 0.6 is 15.9 Å². The van der Waals surface area contributed by atoms with Gasteiger partial charge in [-0.2, -0.15) is 13.2 Å². The first-order valence-corrected chi connectivity index (χ1v) is 7.01. The van der Waals surface area contributed by atoms with Crippen molar-refractivity contribution in [2.45, 2.75) is 25.1 Å². The first kappa shape index (κ1) is 14.7. The van der Waals surface area contributed by atoms with Gasteiger partial charge >= 0.3 is 6.18 Å². The average Bonchev–Trinajstić information content (AvgIpc) is 2.76. The molecule has 1 aliphatic heterocycles. The summed E-state index contributed by atoms with van der Waals surface area (Å²) in [5, 5.41) is 3.05. The van der Waals surface area contributed by atoms with E-state index in [2.05, 4.69) is 21.2 Å². The highest BCUT2D eigenvalue weighted by molar-refractivity contribution is 9.10. The van der Waals surface area contributed by atoms with Gasteiger partial charge in [0, 0.05) is 29.3 Å². The van der Waals surface area contributed by atoms with Crippen LogP contribution in [0.2, 0.25) is 0 Å². The van der Waals surface area contributed by atoms with E-state index in [1.807, 2.05) is 11.9 Å². The van der Waals surface area contributed by atoms with Gasteiger partial charge in [0.1, 0.15) is 0 Å². The molecule has 0 radical (unpaired) electrons. The minimum absolute atomic E-state index is 0.132. The molecule has 1 unspecified atom stereocenters. The Bertz CT molecular complexity index is 448. The lowest BCUT2D eigenvalue weighted by atomic mass is 10.1. The van der Waals surface area contributed by atoms with Crippen molar-refractivity contribution in [3.8, 4) is 0 Å². The summed E-state index contributed by atoms with van der Waals surface area (Å²) in [7, 11) is 1.82. The molecule has 0 bridgehead atoms. The van der Waals surface area contributed by atoms with E-state index in [9.17, 15) is 13.2 Å². The van der Waals surface area contributed by atoms with Gasteiger partial charge in [-0.25, -0.2) is 0 Å². The Kier molecular flexibility index (Phi) is 4.40. The molecular formula is C13H16BrF3N2. The van der Waals surface area contributed by atoms with Gasteiger partial charge < -0.3 is 10.2 Å². The van der Waals surface area contributed by atoms with Crippen molar-refractivity contribution in [1.29, 1.82) is 0 Å². The van der Waals surface area contributed by atoms with Crippen LogP contribution in [-0.2, 0) is 6.18 Å². The van der Waals surface area contributed by atoms with Crippen molar-refractivity contribution >= 4 is 21.6 Å². The largest absolute Gasteiger partial charge is 0.418 e. The molecule has 106 valence electrons. The zero-order valence-corrected chi connectivity index (χ0v) is 12.2. The number of halogens is 4. The molecule has 1 N–H and O–H groups in total. The number of hydrogen-bond donors (Lipinski definition) is 1. The van der Waals surface area contributed by atoms with Crippen molar-refractivity contribution in [3.63, 3.8) is 0 Å². The number of hydrogen-bond acceptors (Lipinski definition) is 2. The summed E-state index contributed by atoms with van der Waals surface area (Å²) in [6.45, 7) is 1.38. The standard InChI is InChI=1S/C13H16BrF3N2/c1-18-8-10-3-2-6-19(10)12-5-4-9(14)7-11(12)13(15,16)17/h4-5,7,10,18H,2-3,6,8H2,1H3. The number of nitrogens with one attached hydrogen (secondary N) is 1. The van der Waals surface area contributed by atoms with Gasteiger partial charge in [0.15, 0.2) is 0 Å². The molecule has 0 amide bonds. The van der Waals surface area contributed by atoms with Crippen LogP contribution in [0.25, 0.3) is 0 Å². The molecular weight excluding hydrogens is 321 g/mol. The molecule has 0 aromatic heterocycles. The molecule has 1 fully saturated rings. The SMILES string of the molecule is CNCC1CCCN1c1ccc(Br)cc1C(F)(F)F. The van der Waals surface area contributed by atoms with E-state index < -0.39 is 11.7 Å². The third-order valence-corrected chi connectivity index (χ3v) is 3.88. The van der Waals surface area contributed by atoms with Gasteiger partial charge in [-0.3, -0.25) is 0 Å². The lowest BCUT2D eigenvalue weighted by Gasteiger charge is -2.29. The second kappa shape index (κ2) is 5.71. The van der Waals surface area contributed by atoms with Gasteiger partial charge in [0.25, 0.3) is 0 Å². The molecule has 2 rings (SSSR count). The number of alkyl halides is 3. The lowest BCUT2D eigenvalue weighted by molar-refractivity contribution is -0.137. The summed E-state index contributed by atoms with van der Waals surface area (Å²) < 4.78 is 39.8. The number of benzene rings is 1. The highest BCUT2D eigenvalue weighted by atomic mass is 79.9. The number of nitrogens with zero attached hydrogens (tertiary/aromatic N) is 1. The molecule has 1 atom stereocenters. The molecule has 1 aromatic rings. The maximum absolute atomic E-state index is 13.1. The predicted molar refractivity (Wildman–Crippen MR) is 73.4 cm³/mol. The van der Waals surface area contributed by atoms with Gasteiger partial charge in [0.2, 0.25) is 0 Å². The van der Waals surface area contributed by atoms with E-state index in [0.717, 1.165) is 18.9 Å². The Morgan fingerprint density at radius 3 is 2.79 bits per heavy atom. The second-order valence-corrected chi connectivity index (χ2v) is 5.62. The van der Waals surface area contributed by atoms with Crippen LogP contribution in [0.4, 0.5) is 18.9 Å². The van der Waals surface area contributed by atoms with Crippen molar-refractivity contribution in [1.82, 2.24) is 5.32 Å². The maximum Gasteiger partial charge on any atom is 0.418 e. The highest BCUT2D eigenvalue weighted by Gasteiger charge is 2.37. The molecule has 1 aliphatic rings. The van der Waals surface area contributed by atoms with E-state index in [4.69, 9.17) is 0 Å². The first-order valence-electron chi connectivity index (χ1n) is 6.21. The van der Waals surface area contributed by atoms with E-state index in [1.165, 1.54) is 0 Å². The summed E-state index contributed by atoms with van der Waals surface area (Å²) in [4.78, 5) is 1.87. The third-order valence-electron chi connectivity index (χ3n) is 3.39. The fourth-order valence-corrected chi connectivity index (χ4v) is 2.95. The summed E-state index contributed by atoms with van der Waals surface area (Å²) in [5.74, 6) is 0. The predicted octanol–water partition coefficient (Wildman–Crippen LogP) is 3.66. The molecule has 0 spiro atoms. The van der Waals surface area contributed by atoms with Crippen molar-refractivity contribution in [2.24, 2.45) is 0 Å². The van der Waals surface area contributed by atoms with E-state index >= 15 is 0 Å². The summed E-state index contributed by atoms with van der Waals surface area (Å²) in [5.41, 5.74) is -0.279. The topological polar surface area (TPSA) is 15.3 Å². The van der Waals surface area contributed by atoms with Crippen molar-refractivity contribution in [2.75, 3.05) is 25.0 Å². The summed E-state index contributed by atoms with van der Waals surface area (Å²) in [6, 6.07) is 4.51. The van der Waals surface area contributed by atoms with E-state index in [-0.39, 0.29) is 11.7 Å². The molecule has 0 saturated carbocycles. The molecule has 1 saturated heterocycles. The highest BCUT2D eigenvalue weighted by Crippen LogP contribution is 2.40. The normalized spacial score (nSPS) is 20.1. The van der Waals surface area contributed by atoms with Gasteiger partial charge in [-0.15, -0.1) is 0 Å². The zero-order valence-electron chi connectivity index (χ0n) is 10.6. The molecule has 2 nitrogen and oxygen atoms in total. The van der Waals surface area contributed by atoms with Crippen molar-refractivity contribution in [3.05, 3.63) is 28.2 Å². The summed E-state index contributed by atoms with van der Waals surface area (Å²) in [6.07, 6.45) is -2.47. The Labute approximate surface area is 119 Å². The monoisotopic (exact) mass is 336 g/mol. The van der Waals surface area contributed by atoms with Gasteiger partial charge in [0.05, 0.1) is 5.56 Å². The van der Waals surface area contributed by atoms with Crippen LogP contribution in [0.3, 0.4) is 0 Å². The Balaban J connectivity index is 2.38. The number of likely N-dealkylation sites (N-methyl/N-ethyl adjacent to an activating group) is 1. The molecule has 1 heterocycles. The Hall–Kier alpha value is -0.750. The summed E-state index contributed by atoms with van der Waals surface area (Å²) >= 11 is 3.11. The third kappa shape index (κ3) is 3.23. The minimum atomic E-state index is -4.33. The van der Waals surface area contributed by atoms with E-state index in [0.29, 0.717) is 17.6 Å². The number of anilines is 1. The van der Waals surface area contributed by atoms with Crippen LogP contribution in [0, 0.1) is 0 Å². The molecule has 1 aromatic carbocycles. The fraction of sp³-hybridized carbons (Fsp3) is 0.538. The quantitative estimate of drug-likeness (QED) is 0.906. The van der Waals surface area contributed by atoms with Crippen LogP contribution in [0.1, 0.15) is 18.4 Å². The Morgan fingerprint density at radius 2 is 2.16 bits per heavy atom. The van der Waals surface area contributed by atoms with Crippen LogP contribution in [0.5, 0.6) is 0 Å². The number of rotatable bonds is 3. The zero-order chi connectivity index (χ0) is 14.0. The van der Waals surface area contributed by atoms with Crippen LogP contribution in [-0.4, -0.2) is 26.2 Å². The van der Waals surface area contributed by atoms with Gasteiger partial charge in [-0.05, 0) is 38.1 Å². The first-order chi connectivity index (χ1) is 8.93. The van der Waals surface area contributed by atoms with Crippen molar-refractivity contribution < 1.29 is 13.2 Å². The molecule has 0 aliphatic carbocycles. The van der Waals surface area contributed by atoms with Crippen LogP contribution in [0.15, 0.2) is 22.7 Å².